The second-order valence-electron chi connectivity index (χ2n) is 27.5. The van der Waals surface area contributed by atoms with E-state index in [4.69, 9.17) is 62.8 Å². The van der Waals surface area contributed by atoms with Crippen LogP contribution in [0.15, 0.2) is 253 Å². The zero-order chi connectivity index (χ0) is 102. The number of rotatable bonds is 34. The van der Waals surface area contributed by atoms with Crippen molar-refractivity contribution >= 4 is 190 Å². The molecule has 2 aliphatic rings. The lowest BCUT2D eigenvalue weighted by atomic mass is 9.90. The van der Waals surface area contributed by atoms with E-state index in [-0.39, 0.29) is 57.2 Å². The Morgan fingerprint density at radius 3 is 1.27 bits per heavy atom. The molecule has 0 bridgehead atoms. The molecule has 2 amide bonds. The Kier molecular flexibility index (Phi) is 63.6. The molecule has 736 valence electrons. The Bertz CT molecular complexity index is 5250. The largest absolute Gasteiger partial charge is 0.488 e. The Balaban J connectivity index is 0.000000411. The summed E-state index contributed by atoms with van der Waals surface area (Å²) in [5.74, 6) is -1.58. The molecule has 0 saturated heterocycles. The van der Waals surface area contributed by atoms with Crippen LogP contribution in [0.5, 0.6) is 0 Å². The topological polar surface area (TPSA) is 454 Å². The maximum atomic E-state index is 11.1. The maximum absolute atomic E-state index is 11.1. The van der Waals surface area contributed by atoms with Gasteiger partial charge in [-0.1, -0.05) is 177 Å². The number of aromatic nitrogens is 1. The van der Waals surface area contributed by atoms with Crippen LogP contribution < -0.4 is 26.9 Å². The molecular formula is C99H118N18O18S4. The number of pyridine rings is 1. The van der Waals surface area contributed by atoms with E-state index >= 15 is 0 Å². The van der Waals surface area contributed by atoms with E-state index in [1.165, 1.54) is 102 Å². The number of nitrogens with zero attached hydrogens (tertiary/aromatic N) is 13. The van der Waals surface area contributed by atoms with Gasteiger partial charge in [0.05, 0.1) is 118 Å². The normalized spacial score (nSPS) is 12.1. The van der Waals surface area contributed by atoms with Crippen LogP contribution in [0.2, 0.25) is 0 Å². The molecule has 40 heteroatoms. The minimum atomic E-state index is -0.655. The number of benzene rings is 6. The van der Waals surface area contributed by atoms with Gasteiger partial charge in [-0.15, -0.1) is 0 Å². The highest BCUT2D eigenvalue weighted by atomic mass is 32.1. The second-order valence-corrected chi connectivity index (χ2v) is 29.4. The van der Waals surface area contributed by atoms with Crippen LogP contribution in [-0.4, -0.2) is 283 Å². The Morgan fingerprint density at radius 2 is 0.806 bits per heavy atom. The smallest absolute Gasteiger partial charge is 0.427 e. The standard InChI is InChI=1S/C15H19N3O4.C14H16N2O4.C13H17N5S2.C13H15N3O4.C13H15NO2.C13H15NOS.C10H12N2S.C8H9NO3/c1-3-21-14(19)11-16-9-12-5-7-13(8-6-12)10-17-18-15(20)22-4-2;1-19-13(17)9-15-7-11-4-3-5-12(6-11)8-16-10-14(18)20-2;1-14-12(19)9-16-7-10-3-5-11(6-4-10)8-17-18-13(20)15-2;1-19-12(17)9-14-7-10-5-3-4-6-11(10)8-15-16-13(18)20-2;1-16-13(15)9-14-12-8-4-6-10-5-2-3-7-11(10)12;1-15-13(16)9-14-12-8-4-6-10-5-2-3-7-11(10)12;1-2-10(13)8-11-7-9-5-3-4-6-12-9;1-11-8(10)6-9-5-7-3-2-4-12-7/h5-10H,3-4,11H2,1-2H3,(H,18,20);3-8H,9-10H2,1-2H3;3-8H,9H2,1-2H3,(H,14,19)(H2,15,18,20);3-8H,9H2,1-2H3,(H,16,18);2*2-3,5,7H,4,6,8-9H2,1H3;3-7H,2,8H2,1H3;2-5H,6H2,1H3/b16-9?,17-10+;;16-7?,17-8+;14-7?,15-8+;;;;. The second kappa shape index (κ2) is 75.0. The van der Waals surface area contributed by atoms with Crippen LogP contribution in [0.1, 0.15) is 131 Å². The van der Waals surface area contributed by atoms with E-state index in [1.807, 2.05) is 122 Å². The molecule has 36 nitrogen and oxygen atoms in total. The predicted octanol–water partition coefficient (Wildman–Crippen LogP) is 12.6. The summed E-state index contributed by atoms with van der Waals surface area (Å²) >= 11 is 19.9. The molecule has 2 aromatic heterocycles. The van der Waals surface area contributed by atoms with Gasteiger partial charge in [-0.2, -0.15) is 15.3 Å². The SMILES string of the molecule is CCC(=S)CN=Cc1ccccn1.CCOC(=O)CN=Cc1ccc(/C=N/NC(=O)OCC)cc1.CNC(=S)CN=Cc1ccc(/C=N/NC(=S)NC)cc1.COC(=O)CN=C1CCCc2ccccc21.COC(=O)CN=Cc1cccc(C=NCC(=O)OC)c1.COC(=O)CN=Cc1ccccc1/C=N/NC(=O)OC.COC(=O)CN=Cc1ccco1.COC(=S)CN=C1CCCc2ccccc21. The third-order valence-corrected chi connectivity index (χ3v) is 18.9. The number of methoxy groups -OCH3 is 7. The molecule has 5 N–H and O–H groups in total. The molecular weight excluding hydrogens is 1860 g/mol. The lowest BCUT2D eigenvalue weighted by molar-refractivity contribution is -0.141. The van der Waals surface area contributed by atoms with Gasteiger partial charge in [-0.25, -0.2) is 20.4 Å². The Morgan fingerprint density at radius 1 is 0.374 bits per heavy atom. The first-order chi connectivity index (χ1) is 67.4. The fourth-order valence-electron chi connectivity index (χ4n) is 10.6. The van der Waals surface area contributed by atoms with E-state index < -0.39 is 30.1 Å². The molecule has 2 aliphatic carbocycles. The average molecular weight is 1980 g/mol. The van der Waals surface area contributed by atoms with Crippen LogP contribution >= 0.6 is 48.9 Å². The summed E-state index contributed by atoms with van der Waals surface area (Å²) in [6.07, 6.45) is 25.5. The Hall–Kier alpha value is -15.3. The highest BCUT2D eigenvalue weighted by Gasteiger charge is 2.17. The quantitative estimate of drug-likeness (QED) is 0.00822. The van der Waals surface area contributed by atoms with Gasteiger partial charge < -0.3 is 57.7 Å². The van der Waals surface area contributed by atoms with Gasteiger partial charge in [-0.3, -0.25) is 84.1 Å². The van der Waals surface area contributed by atoms with Crippen molar-refractivity contribution in [3.8, 4) is 0 Å². The highest BCUT2D eigenvalue weighted by molar-refractivity contribution is 7.80. The zero-order valence-electron chi connectivity index (χ0n) is 79.7. The fourth-order valence-corrected chi connectivity index (χ4v) is 10.8. The van der Waals surface area contributed by atoms with Gasteiger partial charge in [0, 0.05) is 85.0 Å². The van der Waals surface area contributed by atoms with Crippen molar-refractivity contribution in [3.63, 3.8) is 0 Å². The lowest BCUT2D eigenvalue weighted by Crippen LogP contribution is -2.28. The van der Waals surface area contributed by atoms with Gasteiger partial charge >= 0.3 is 48.0 Å². The van der Waals surface area contributed by atoms with E-state index in [9.17, 15) is 38.4 Å². The Labute approximate surface area is 831 Å². The molecule has 139 heavy (non-hydrogen) atoms. The first kappa shape index (κ1) is 118. The van der Waals surface area contributed by atoms with Gasteiger partial charge in [-0.05, 0) is 169 Å². The molecule has 0 unspecified atom stereocenters. The summed E-state index contributed by atoms with van der Waals surface area (Å²) in [5, 5.41) is 18.2. The summed E-state index contributed by atoms with van der Waals surface area (Å²) < 4.78 is 46.1. The molecule has 8 aromatic rings. The number of aliphatic imine (C=N–C) groups is 9. The summed E-state index contributed by atoms with van der Waals surface area (Å²) in [6.45, 7) is 7.83. The van der Waals surface area contributed by atoms with Crippen LogP contribution in [0, 0.1) is 0 Å². The molecule has 0 aliphatic heterocycles. The fraction of sp³-hybridized carbons (Fsp3) is 0.303. The van der Waals surface area contributed by atoms with E-state index in [0.29, 0.717) is 48.8 Å². The van der Waals surface area contributed by atoms with Crippen molar-refractivity contribution in [2.75, 3.05) is 136 Å². The van der Waals surface area contributed by atoms with Crippen molar-refractivity contribution < 1.29 is 85.4 Å². The van der Waals surface area contributed by atoms with Crippen molar-refractivity contribution in [2.24, 2.45) is 60.2 Å². The van der Waals surface area contributed by atoms with E-state index in [1.54, 1.807) is 109 Å². The van der Waals surface area contributed by atoms with Gasteiger partial charge in [0.2, 0.25) is 0 Å². The number of esters is 6. The monoisotopic (exact) mass is 1970 g/mol. The first-order valence-electron chi connectivity index (χ1n) is 43.1. The van der Waals surface area contributed by atoms with Gasteiger partial charge in [0.25, 0.3) is 0 Å². The number of fused-ring (bicyclic) bond motifs is 2. The number of likely N-dealkylation sites (N-methyl/N-ethyl adjacent to an activating group) is 1. The zero-order valence-corrected chi connectivity index (χ0v) is 83.0. The summed E-state index contributed by atoms with van der Waals surface area (Å²) in [6, 6.07) is 55.6. The highest BCUT2D eigenvalue weighted by Crippen LogP contribution is 2.23. The molecule has 0 atom stereocenters. The number of carbonyl (C=O) groups is 8. The number of ether oxygens (including phenoxy) is 9. The molecule has 0 radical (unpaired) electrons. The number of thiocarbonyl (C=S) groups is 4. The number of hydrogen-bond donors (Lipinski definition) is 5. The number of nitrogens with one attached hydrogen (secondary N) is 5. The van der Waals surface area contributed by atoms with Crippen molar-refractivity contribution in [1.29, 1.82) is 0 Å². The molecule has 2 heterocycles. The number of amides is 2. The third kappa shape index (κ3) is 56.0. The maximum Gasteiger partial charge on any atom is 0.427 e. The van der Waals surface area contributed by atoms with E-state index in [2.05, 4.69) is 162 Å². The summed E-state index contributed by atoms with van der Waals surface area (Å²) in [4.78, 5) is 130. The molecule has 0 spiro atoms. The van der Waals surface area contributed by atoms with Crippen molar-refractivity contribution in [1.82, 2.24) is 31.9 Å². The van der Waals surface area contributed by atoms with Crippen LogP contribution in [0.3, 0.4) is 0 Å². The van der Waals surface area contributed by atoms with Crippen LogP contribution in [0.25, 0.3) is 0 Å². The van der Waals surface area contributed by atoms with Crippen LogP contribution in [0.4, 0.5) is 9.59 Å². The summed E-state index contributed by atoms with van der Waals surface area (Å²) in [5.41, 5.74) is 22.2. The number of furan rings is 1. The number of carbonyl (C=O) groups excluding carboxylic acids is 8. The van der Waals surface area contributed by atoms with Crippen molar-refractivity contribution in [3.05, 3.63) is 267 Å². The lowest BCUT2D eigenvalue weighted by Gasteiger charge is -2.17. The minimum absolute atomic E-state index is 0.000506. The molecule has 10 rings (SSSR count). The summed E-state index contributed by atoms with van der Waals surface area (Å²) in [7, 11) is 13.0. The minimum Gasteiger partial charge on any atom is -0.488 e. The molecule has 0 saturated carbocycles. The van der Waals surface area contributed by atoms with Gasteiger partial charge in [0.1, 0.15) is 51.6 Å². The predicted molar refractivity (Wildman–Crippen MR) is 562 cm³/mol. The number of aryl methyl sites for hydroxylation is 2. The van der Waals surface area contributed by atoms with Gasteiger partial charge in [0.15, 0.2) is 10.2 Å². The number of hydrogen-bond acceptors (Lipinski definition) is 35. The van der Waals surface area contributed by atoms with E-state index in [0.717, 1.165) is 104 Å². The first-order valence-corrected chi connectivity index (χ1v) is 44.7. The van der Waals surface area contributed by atoms with Crippen molar-refractivity contribution in [2.45, 2.75) is 65.7 Å². The third-order valence-electron chi connectivity index (χ3n) is 17.6. The van der Waals surface area contributed by atoms with Crippen LogP contribution in [-0.2, 0) is 84.2 Å². The molecule has 0 fully saturated rings. The number of hydrazone groups is 3. The molecule has 6 aromatic carbocycles. The average Bonchev–Trinajstić information content (AvgIpc) is 0.934.